The molecule has 1 fully saturated rings. The largest absolute Gasteiger partial charge is 0.483 e. The van der Waals surface area contributed by atoms with Crippen LogP contribution < -0.4 is 9.64 Å². The van der Waals surface area contributed by atoms with Crippen molar-refractivity contribution >= 4 is 34.3 Å². The lowest BCUT2D eigenvalue weighted by Gasteiger charge is -2.18. The van der Waals surface area contributed by atoms with Gasteiger partial charge in [-0.15, -0.1) is 0 Å². The van der Waals surface area contributed by atoms with E-state index in [1.807, 2.05) is 77.5 Å². The van der Waals surface area contributed by atoms with Crippen LogP contribution in [-0.4, -0.2) is 17.2 Å². The maximum Gasteiger partial charge on any atom is 0.282 e. The molecule has 3 aliphatic rings. The van der Waals surface area contributed by atoms with Crippen LogP contribution in [0.25, 0.3) is 0 Å². The predicted molar refractivity (Wildman–Crippen MR) is 120 cm³/mol. The molecule has 0 spiro atoms. The molecular formula is C25H18N2O2S. The van der Waals surface area contributed by atoms with E-state index in [-0.39, 0.29) is 17.4 Å². The number of aliphatic imine (C=N–C) groups is 1. The fraction of sp³-hybridized carbons (Fsp3) is 0.120. The Morgan fingerprint density at radius 2 is 1.90 bits per heavy atom. The lowest BCUT2D eigenvalue weighted by molar-refractivity contribution is -0.111. The van der Waals surface area contributed by atoms with E-state index in [2.05, 4.69) is 12.2 Å². The molecule has 2 atom stereocenters. The van der Waals surface area contributed by atoms with Crippen molar-refractivity contribution in [3.8, 4) is 5.75 Å². The predicted octanol–water partition coefficient (Wildman–Crippen LogP) is 5.51. The monoisotopic (exact) mass is 410 g/mol. The molecule has 0 radical (unpaired) electrons. The van der Waals surface area contributed by atoms with Crippen LogP contribution >= 0.6 is 11.3 Å². The van der Waals surface area contributed by atoms with Crippen LogP contribution in [0.2, 0.25) is 0 Å². The van der Waals surface area contributed by atoms with Crippen LogP contribution in [0.5, 0.6) is 5.75 Å². The van der Waals surface area contributed by atoms with Crippen molar-refractivity contribution in [3.05, 3.63) is 101 Å². The molecule has 0 bridgehead atoms. The number of amides is 1. The van der Waals surface area contributed by atoms with Crippen LogP contribution in [0.1, 0.15) is 12.0 Å². The van der Waals surface area contributed by atoms with Crippen molar-refractivity contribution in [2.24, 2.45) is 10.9 Å². The molecule has 6 rings (SSSR count). The Labute approximate surface area is 178 Å². The topological polar surface area (TPSA) is 41.9 Å². The molecule has 30 heavy (non-hydrogen) atoms. The molecule has 1 amide bonds. The second-order valence-electron chi connectivity index (χ2n) is 7.71. The maximum absolute atomic E-state index is 13.3. The number of carbonyl (C=O) groups is 1. The first kappa shape index (κ1) is 17.4. The standard InChI is InChI=1S/C25H18N2O2S/c28-24-23(21-8-4-5-9-22(21)27(24)19-11-13-30-16-19)26-18-10-12-25(15-17(25)14-18)29-20-6-2-1-3-7-20/h1-14,16-17H,15H2. The number of hydrogen-bond acceptors (Lipinski definition) is 4. The molecule has 2 unspecified atom stereocenters. The maximum atomic E-state index is 13.3. The molecular weight excluding hydrogens is 392 g/mol. The third-order valence-electron chi connectivity index (χ3n) is 5.78. The van der Waals surface area contributed by atoms with Crippen LogP contribution in [0.15, 0.2) is 100 Å². The molecule has 4 nitrogen and oxygen atoms in total. The number of hydrogen-bond donors (Lipinski definition) is 0. The van der Waals surface area contributed by atoms with Gasteiger partial charge in [-0.05, 0) is 41.8 Å². The van der Waals surface area contributed by atoms with Gasteiger partial charge in [0.2, 0.25) is 0 Å². The first-order valence-electron chi connectivity index (χ1n) is 9.93. The summed E-state index contributed by atoms with van der Waals surface area (Å²) in [7, 11) is 0. The Kier molecular flexibility index (Phi) is 3.80. The Morgan fingerprint density at radius 3 is 2.70 bits per heavy atom. The van der Waals surface area contributed by atoms with Crippen molar-refractivity contribution in [2.45, 2.75) is 12.0 Å². The fourth-order valence-electron chi connectivity index (χ4n) is 4.18. The average molecular weight is 410 g/mol. The lowest BCUT2D eigenvalue weighted by atomic mass is 10.1. The number of benzene rings is 2. The van der Waals surface area contributed by atoms with Crippen molar-refractivity contribution in [1.29, 1.82) is 0 Å². The summed E-state index contributed by atoms with van der Waals surface area (Å²) >= 11 is 1.58. The van der Waals surface area contributed by atoms with E-state index < -0.39 is 0 Å². The number of ether oxygens (including phenoxy) is 1. The summed E-state index contributed by atoms with van der Waals surface area (Å²) in [5.74, 6) is 1.07. The summed E-state index contributed by atoms with van der Waals surface area (Å²) in [6.07, 6.45) is 7.12. The van der Waals surface area contributed by atoms with Gasteiger partial charge < -0.3 is 4.74 Å². The van der Waals surface area contributed by atoms with Gasteiger partial charge in [-0.2, -0.15) is 11.3 Å². The van der Waals surface area contributed by atoms with Crippen LogP contribution in [-0.2, 0) is 4.79 Å². The zero-order valence-electron chi connectivity index (χ0n) is 16.1. The number of nitrogens with zero attached hydrogens (tertiary/aromatic N) is 2. The minimum absolute atomic E-state index is 0.0860. The second kappa shape index (κ2) is 6.54. The third kappa shape index (κ3) is 2.74. The number of thiophene rings is 1. The van der Waals surface area contributed by atoms with Gasteiger partial charge in [0, 0.05) is 23.3 Å². The highest BCUT2D eigenvalue weighted by molar-refractivity contribution is 7.08. The summed E-state index contributed by atoms with van der Waals surface area (Å²) in [5.41, 5.74) is 3.67. The summed E-state index contributed by atoms with van der Waals surface area (Å²) in [6, 6.07) is 19.7. The molecule has 2 heterocycles. The molecule has 1 aliphatic heterocycles. The number of rotatable bonds is 4. The number of para-hydroxylation sites is 2. The van der Waals surface area contributed by atoms with E-state index >= 15 is 0 Å². The lowest BCUT2D eigenvalue weighted by Crippen LogP contribution is -2.25. The Bertz CT molecular complexity index is 1230. The van der Waals surface area contributed by atoms with Gasteiger partial charge in [-0.1, -0.05) is 42.5 Å². The summed E-state index contributed by atoms with van der Waals surface area (Å²) < 4.78 is 6.22. The quantitative estimate of drug-likeness (QED) is 0.569. The van der Waals surface area contributed by atoms with E-state index in [9.17, 15) is 4.79 Å². The normalized spacial score (nSPS) is 25.1. The van der Waals surface area contributed by atoms with Crippen LogP contribution in [0.3, 0.4) is 0 Å². The first-order valence-corrected chi connectivity index (χ1v) is 10.9. The highest BCUT2D eigenvalue weighted by atomic mass is 32.1. The zero-order valence-corrected chi connectivity index (χ0v) is 16.9. The highest BCUT2D eigenvalue weighted by Gasteiger charge is 2.55. The van der Waals surface area contributed by atoms with E-state index in [4.69, 9.17) is 9.73 Å². The van der Waals surface area contributed by atoms with E-state index in [1.165, 1.54) is 0 Å². The number of fused-ring (bicyclic) bond motifs is 2. The zero-order chi connectivity index (χ0) is 20.1. The van der Waals surface area contributed by atoms with Gasteiger partial charge in [0.1, 0.15) is 17.1 Å². The minimum Gasteiger partial charge on any atom is -0.483 e. The second-order valence-corrected chi connectivity index (χ2v) is 8.49. The molecule has 5 heteroatoms. The number of anilines is 2. The van der Waals surface area contributed by atoms with E-state index in [1.54, 1.807) is 16.2 Å². The highest BCUT2D eigenvalue weighted by Crippen LogP contribution is 2.52. The molecule has 146 valence electrons. The molecule has 1 aromatic heterocycles. The summed E-state index contributed by atoms with van der Waals surface area (Å²) in [5, 5.41) is 3.96. The van der Waals surface area contributed by atoms with Crippen molar-refractivity contribution < 1.29 is 9.53 Å². The molecule has 1 saturated carbocycles. The third-order valence-corrected chi connectivity index (χ3v) is 6.45. The van der Waals surface area contributed by atoms with Gasteiger partial charge in [-0.25, -0.2) is 4.99 Å². The van der Waals surface area contributed by atoms with Crippen LogP contribution in [0, 0.1) is 5.92 Å². The van der Waals surface area contributed by atoms with Gasteiger partial charge in [-0.3, -0.25) is 9.69 Å². The molecule has 2 aliphatic carbocycles. The van der Waals surface area contributed by atoms with Crippen molar-refractivity contribution in [1.82, 2.24) is 0 Å². The van der Waals surface area contributed by atoms with E-state index in [0.717, 1.165) is 34.8 Å². The first-order chi connectivity index (χ1) is 14.7. The average Bonchev–Trinajstić information content (AvgIpc) is 3.08. The molecule has 2 aromatic carbocycles. The molecule has 0 N–H and O–H groups in total. The SMILES string of the molecule is O=C1C(=NC2=CC3CC3(Oc3ccccc3)C=C2)c2ccccc2N1c1ccsc1. The molecule has 0 saturated heterocycles. The number of allylic oxidation sites excluding steroid dienone is 1. The Balaban J connectivity index is 1.31. The van der Waals surface area contributed by atoms with Gasteiger partial charge in [0.15, 0.2) is 0 Å². The van der Waals surface area contributed by atoms with Crippen molar-refractivity contribution in [3.63, 3.8) is 0 Å². The van der Waals surface area contributed by atoms with Crippen molar-refractivity contribution in [2.75, 3.05) is 4.90 Å². The van der Waals surface area contributed by atoms with Gasteiger partial charge in [0.25, 0.3) is 5.91 Å². The Morgan fingerprint density at radius 1 is 1.07 bits per heavy atom. The summed E-state index contributed by atoms with van der Waals surface area (Å²) in [4.78, 5) is 19.8. The molecule has 3 aromatic rings. The number of carbonyl (C=O) groups excluding carboxylic acids is 1. The summed E-state index contributed by atoms with van der Waals surface area (Å²) in [6.45, 7) is 0. The Hall–Kier alpha value is -3.44. The van der Waals surface area contributed by atoms with Gasteiger partial charge >= 0.3 is 0 Å². The fourth-order valence-corrected chi connectivity index (χ4v) is 4.80. The van der Waals surface area contributed by atoms with Gasteiger partial charge in [0.05, 0.1) is 17.1 Å². The van der Waals surface area contributed by atoms with E-state index in [0.29, 0.717) is 5.71 Å². The minimum atomic E-state index is -0.272. The smallest absolute Gasteiger partial charge is 0.282 e. The van der Waals surface area contributed by atoms with Crippen LogP contribution in [0.4, 0.5) is 11.4 Å².